The topological polar surface area (TPSA) is 231 Å². The highest BCUT2D eigenvalue weighted by atomic mass is 16.7. The zero-order chi connectivity index (χ0) is 53.2. The molecule has 2 rings (SSSR count). The molecule has 15 nitrogen and oxygen atoms in total. The molecule has 2 fully saturated rings. The highest BCUT2D eigenvalue weighted by molar-refractivity contribution is 5.70. The number of aliphatic hydroxyl groups excluding tert-OH is 7. The molecule has 0 bridgehead atoms. The zero-order valence-corrected chi connectivity index (χ0v) is 46.2. The van der Waals surface area contributed by atoms with Gasteiger partial charge >= 0.3 is 11.9 Å². The van der Waals surface area contributed by atoms with Crippen LogP contribution in [-0.2, 0) is 38.0 Å². The van der Waals surface area contributed by atoms with Gasteiger partial charge in [0.2, 0.25) is 0 Å². The molecule has 15 heteroatoms. The Labute approximate surface area is 442 Å². The molecule has 11 atom stereocenters. The molecule has 0 aromatic carbocycles. The van der Waals surface area contributed by atoms with Crippen LogP contribution in [-0.4, -0.2) is 142 Å². The molecule has 4 unspecified atom stereocenters. The number of hydrogen-bond donors (Lipinski definition) is 7. The Hall–Kier alpha value is -1.50. The molecular weight excluding hydrogens is 937 g/mol. The fourth-order valence-electron chi connectivity index (χ4n) is 9.93. The van der Waals surface area contributed by atoms with Crippen LogP contribution in [0.15, 0.2) is 0 Å². The van der Waals surface area contributed by atoms with E-state index in [4.69, 9.17) is 28.4 Å². The number of unbranched alkanes of at least 4 members (excludes halogenated alkanes) is 35. The second kappa shape index (κ2) is 45.5. The van der Waals surface area contributed by atoms with Crippen molar-refractivity contribution in [2.45, 2.75) is 332 Å². The van der Waals surface area contributed by atoms with E-state index in [1.54, 1.807) is 0 Å². The minimum atomic E-state index is -1.76. The van der Waals surface area contributed by atoms with Crippen LogP contribution in [0.1, 0.15) is 264 Å². The molecule has 2 heterocycles. The largest absolute Gasteiger partial charge is 0.462 e. The van der Waals surface area contributed by atoms with Gasteiger partial charge in [0, 0.05) is 12.8 Å². The SMILES string of the molecule is CCCCCCCCCCCCCCCCCCCCCCCCCC(=O)OC[C@@H](CO[C@@H]1O[C@H](CO[C@@H]2O[C@H](CO)[C@H](O)C(O)C2O)[C@H](O)C(O)C1O)OC(=O)CCCCCCCCCCCCCCCC. The fraction of sp³-hybridized carbons (Fsp3) is 0.966. The number of rotatable bonds is 49. The summed E-state index contributed by atoms with van der Waals surface area (Å²) in [5.74, 6) is -0.904. The van der Waals surface area contributed by atoms with Crippen LogP contribution < -0.4 is 0 Å². The molecule has 0 amide bonds. The molecule has 2 aliphatic rings. The lowest BCUT2D eigenvalue weighted by Gasteiger charge is -2.42. The van der Waals surface area contributed by atoms with Crippen molar-refractivity contribution in [3.05, 3.63) is 0 Å². The van der Waals surface area contributed by atoms with Gasteiger partial charge in [-0.3, -0.25) is 9.59 Å². The summed E-state index contributed by atoms with van der Waals surface area (Å²) in [7, 11) is 0. The second-order valence-electron chi connectivity index (χ2n) is 21.5. The Morgan fingerprint density at radius 2 is 0.699 bits per heavy atom. The summed E-state index contributed by atoms with van der Waals surface area (Å²) in [6.45, 7) is 2.66. The quantitative estimate of drug-likeness (QED) is 0.0222. The Morgan fingerprint density at radius 1 is 0.384 bits per heavy atom. The van der Waals surface area contributed by atoms with E-state index in [2.05, 4.69) is 13.8 Å². The van der Waals surface area contributed by atoms with E-state index in [-0.39, 0.29) is 26.1 Å². The summed E-state index contributed by atoms with van der Waals surface area (Å²) >= 11 is 0. The summed E-state index contributed by atoms with van der Waals surface area (Å²) in [6, 6.07) is 0. The monoisotopic (exact) mass is 1050 g/mol. The highest BCUT2D eigenvalue weighted by Gasteiger charge is 2.47. The van der Waals surface area contributed by atoms with E-state index in [1.165, 1.54) is 186 Å². The summed E-state index contributed by atoms with van der Waals surface area (Å²) in [5, 5.41) is 72.3. The van der Waals surface area contributed by atoms with Crippen molar-refractivity contribution < 1.29 is 73.8 Å². The maximum absolute atomic E-state index is 13.0. The number of aliphatic hydroxyl groups is 7. The Balaban J connectivity index is 1.70. The van der Waals surface area contributed by atoms with E-state index in [0.29, 0.717) is 12.8 Å². The van der Waals surface area contributed by atoms with Gasteiger partial charge in [0.15, 0.2) is 18.7 Å². The lowest BCUT2D eigenvalue weighted by Crippen LogP contribution is -2.61. The Kier molecular flexibility index (Phi) is 42.2. The molecule has 0 saturated carbocycles. The second-order valence-corrected chi connectivity index (χ2v) is 21.5. The Morgan fingerprint density at radius 3 is 1.07 bits per heavy atom. The first kappa shape index (κ1) is 67.6. The maximum Gasteiger partial charge on any atom is 0.306 e. The zero-order valence-electron chi connectivity index (χ0n) is 46.2. The summed E-state index contributed by atoms with van der Waals surface area (Å²) in [4.78, 5) is 25.9. The molecule has 0 aromatic rings. The first-order valence-electron chi connectivity index (χ1n) is 30.1. The third kappa shape index (κ3) is 32.8. The van der Waals surface area contributed by atoms with Gasteiger partial charge in [0.25, 0.3) is 0 Å². The van der Waals surface area contributed by atoms with Crippen molar-refractivity contribution in [3.8, 4) is 0 Å². The predicted molar refractivity (Wildman–Crippen MR) is 285 cm³/mol. The van der Waals surface area contributed by atoms with E-state index in [0.717, 1.165) is 38.5 Å². The van der Waals surface area contributed by atoms with Crippen LogP contribution in [0.25, 0.3) is 0 Å². The van der Waals surface area contributed by atoms with Gasteiger partial charge in [0.05, 0.1) is 19.8 Å². The van der Waals surface area contributed by atoms with Crippen LogP contribution in [0.4, 0.5) is 0 Å². The molecule has 2 saturated heterocycles. The third-order valence-electron chi connectivity index (χ3n) is 14.8. The molecule has 0 aliphatic carbocycles. The van der Waals surface area contributed by atoms with Gasteiger partial charge in [-0.05, 0) is 12.8 Å². The summed E-state index contributed by atoms with van der Waals surface area (Å²) in [5.41, 5.74) is 0. The summed E-state index contributed by atoms with van der Waals surface area (Å²) < 4.78 is 33.7. The van der Waals surface area contributed by atoms with E-state index < -0.39 is 92.7 Å². The van der Waals surface area contributed by atoms with Gasteiger partial charge in [0.1, 0.15) is 55.4 Å². The van der Waals surface area contributed by atoms with Crippen LogP contribution in [0.2, 0.25) is 0 Å². The predicted octanol–water partition coefficient (Wildman–Crippen LogP) is 10.3. The fourth-order valence-corrected chi connectivity index (χ4v) is 9.93. The first-order chi connectivity index (χ1) is 35.5. The lowest BCUT2D eigenvalue weighted by molar-refractivity contribution is -0.332. The molecule has 0 spiro atoms. The van der Waals surface area contributed by atoms with E-state index in [9.17, 15) is 45.3 Å². The highest BCUT2D eigenvalue weighted by Crippen LogP contribution is 2.27. The number of ether oxygens (including phenoxy) is 6. The van der Waals surface area contributed by atoms with Gasteiger partial charge in [-0.2, -0.15) is 0 Å². The minimum Gasteiger partial charge on any atom is -0.462 e. The van der Waals surface area contributed by atoms with Crippen molar-refractivity contribution in [1.29, 1.82) is 0 Å². The number of carbonyl (C=O) groups is 2. The van der Waals surface area contributed by atoms with Gasteiger partial charge in [-0.15, -0.1) is 0 Å². The molecular formula is C58H110O15. The van der Waals surface area contributed by atoms with Gasteiger partial charge < -0.3 is 64.2 Å². The van der Waals surface area contributed by atoms with E-state index in [1.807, 2.05) is 0 Å². The smallest absolute Gasteiger partial charge is 0.306 e. The van der Waals surface area contributed by atoms with Crippen LogP contribution >= 0.6 is 0 Å². The maximum atomic E-state index is 13.0. The van der Waals surface area contributed by atoms with Crippen molar-refractivity contribution in [2.24, 2.45) is 0 Å². The van der Waals surface area contributed by atoms with Gasteiger partial charge in [-0.25, -0.2) is 0 Å². The normalized spacial score (nSPS) is 24.7. The lowest BCUT2D eigenvalue weighted by atomic mass is 9.98. The standard InChI is InChI=1S/C58H110O15/c1-3-5-7-9-11-13-15-17-19-20-21-22-23-24-25-26-27-29-30-32-34-36-38-40-49(60)68-43-46(71-50(61)41-39-37-35-33-31-28-18-16-14-12-10-8-6-4-2)44-69-57-56(67)54(65)52(63)48(73-57)45-70-58-55(66)53(64)51(62)47(42-59)72-58/h46-48,51-59,62-67H,3-45H2,1-2H3/t46-,47+,48+,51-,52-,53?,54?,55?,56?,57+,58+/m0/s1. The molecule has 0 radical (unpaired) electrons. The average Bonchev–Trinajstić information content (AvgIpc) is 3.38. The van der Waals surface area contributed by atoms with Crippen LogP contribution in [0, 0.1) is 0 Å². The van der Waals surface area contributed by atoms with Crippen molar-refractivity contribution in [2.75, 3.05) is 26.4 Å². The molecule has 432 valence electrons. The molecule has 2 aliphatic heterocycles. The summed E-state index contributed by atoms with van der Waals surface area (Å²) in [6.07, 6.45) is 29.9. The van der Waals surface area contributed by atoms with Crippen molar-refractivity contribution >= 4 is 11.9 Å². The first-order valence-corrected chi connectivity index (χ1v) is 30.1. The van der Waals surface area contributed by atoms with E-state index >= 15 is 0 Å². The average molecular weight is 1050 g/mol. The Bertz CT molecular complexity index is 1280. The molecule has 7 N–H and O–H groups in total. The van der Waals surface area contributed by atoms with Gasteiger partial charge in [-0.1, -0.05) is 239 Å². The molecule has 73 heavy (non-hydrogen) atoms. The van der Waals surface area contributed by atoms with Crippen LogP contribution in [0.5, 0.6) is 0 Å². The van der Waals surface area contributed by atoms with Crippen LogP contribution in [0.3, 0.4) is 0 Å². The molecule has 0 aromatic heterocycles. The number of esters is 2. The number of carbonyl (C=O) groups excluding carboxylic acids is 2. The number of hydrogen-bond acceptors (Lipinski definition) is 15. The van der Waals surface area contributed by atoms with Crippen molar-refractivity contribution in [3.63, 3.8) is 0 Å². The third-order valence-corrected chi connectivity index (χ3v) is 14.8. The van der Waals surface area contributed by atoms with Crippen molar-refractivity contribution in [1.82, 2.24) is 0 Å². The minimum absolute atomic E-state index is 0.173.